The Kier molecular flexibility index (Phi) is 5.63. The van der Waals surface area contributed by atoms with Gasteiger partial charge in [-0.3, -0.25) is 10.1 Å². The highest BCUT2D eigenvalue weighted by atomic mass is 35.5. The molecule has 1 aliphatic rings. The molecule has 0 saturated carbocycles. The van der Waals surface area contributed by atoms with Crippen molar-refractivity contribution in [2.24, 2.45) is 0 Å². The van der Waals surface area contributed by atoms with E-state index in [0.717, 1.165) is 36.9 Å². The van der Waals surface area contributed by atoms with Crippen molar-refractivity contribution < 1.29 is 14.5 Å². The predicted molar refractivity (Wildman–Crippen MR) is 86.4 cm³/mol. The zero-order chi connectivity index (χ0) is 16.1. The molecule has 1 aromatic carbocycles. The van der Waals surface area contributed by atoms with Crippen LogP contribution in [-0.4, -0.2) is 51.2 Å². The van der Waals surface area contributed by atoms with E-state index in [-0.39, 0.29) is 11.9 Å². The topological polar surface area (TPSA) is 65.9 Å². The molecule has 0 spiro atoms. The number of piperazine rings is 1. The zero-order valence-electron chi connectivity index (χ0n) is 12.9. The number of hydrogen-bond acceptors (Lipinski definition) is 3. The first-order valence-corrected chi connectivity index (χ1v) is 7.77. The van der Waals surface area contributed by atoms with Crippen molar-refractivity contribution in [3.63, 3.8) is 0 Å². The fourth-order valence-corrected chi connectivity index (χ4v) is 2.90. The number of amides is 3. The van der Waals surface area contributed by atoms with Crippen LogP contribution in [0.15, 0.2) is 24.3 Å². The maximum absolute atomic E-state index is 12.0. The minimum atomic E-state index is -0.467. The largest absolute Gasteiger partial charge is 0.359 e. The van der Waals surface area contributed by atoms with Crippen LogP contribution in [0, 0.1) is 0 Å². The van der Waals surface area contributed by atoms with Gasteiger partial charge in [0.1, 0.15) is 0 Å². The second kappa shape index (κ2) is 7.47. The Morgan fingerprint density at radius 2 is 1.91 bits per heavy atom. The molecule has 6 nitrogen and oxygen atoms in total. The summed E-state index contributed by atoms with van der Waals surface area (Å²) in [6.07, 6.45) is 0. The van der Waals surface area contributed by atoms with Gasteiger partial charge < -0.3 is 15.1 Å². The molecule has 3 N–H and O–H groups in total. The van der Waals surface area contributed by atoms with Gasteiger partial charge in [0.15, 0.2) is 6.04 Å². The molecule has 120 valence electrons. The van der Waals surface area contributed by atoms with Crippen LogP contribution in [0.3, 0.4) is 0 Å². The van der Waals surface area contributed by atoms with E-state index in [4.69, 9.17) is 11.6 Å². The SMILES string of the molecule is CNC(=O)NC(=O)[C@H](C)[NH+]1CCN(c2ccccc2Cl)CC1. The number of imide groups is 1. The fourth-order valence-electron chi connectivity index (χ4n) is 2.64. The maximum atomic E-state index is 12.0. The lowest BCUT2D eigenvalue weighted by Crippen LogP contribution is -3.19. The van der Waals surface area contributed by atoms with E-state index in [2.05, 4.69) is 15.5 Å². The summed E-state index contributed by atoms with van der Waals surface area (Å²) in [5.41, 5.74) is 1.03. The van der Waals surface area contributed by atoms with Gasteiger partial charge in [0, 0.05) is 7.05 Å². The van der Waals surface area contributed by atoms with E-state index >= 15 is 0 Å². The molecular weight excluding hydrogens is 304 g/mol. The molecule has 7 heteroatoms. The van der Waals surface area contributed by atoms with Crippen LogP contribution in [-0.2, 0) is 4.79 Å². The summed E-state index contributed by atoms with van der Waals surface area (Å²) < 4.78 is 0. The fraction of sp³-hybridized carbons (Fsp3) is 0.467. The van der Waals surface area contributed by atoms with Crippen molar-refractivity contribution in [2.75, 3.05) is 38.1 Å². The molecular formula is C15H22ClN4O2+. The van der Waals surface area contributed by atoms with Crippen molar-refractivity contribution in [2.45, 2.75) is 13.0 Å². The molecule has 1 aliphatic heterocycles. The highest BCUT2D eigenvalue weighted by molar-refractivity contribution is 6.33. The van der Waals surface area contributed by atoms with Gasteiger partial charge in [0.2, 0.25) is 0 Å². The van der Waals surface area contributed by atoms with E-state index in [0.29, 0.717) is 0 Å². The highest BCUT2D eigenvalue weighted by Crippen LogP contribution is 2.24. The highest BCUT2D eigenvalue weighted by Gasteiger charge is 2.30. The summed E-state index contributed by atoms with van der Waals surface area (Å²) in [4.78, 5) is 26.6. The van der Waals surface area contributed by atoms with Crippen molar-refractivity contribution in [1.29, 1.82) is 0 Å². The van der Waals surface area contributed by atoms with Crippen LogP contribution in [0.4, 0.5) is 10.5 Å². The van der Waals surface area contributed by atoms with Gasteiger partial charge in [0.25, 0.3) is 5.91 Å². The third-order valence-electron chi connectivity index (χ3n) is 4.07. The van der Waals surface area contributed by atoms with Crippen LogP contribution in [0.5, 0.6) is 0 Å². The molecule has 2 rings (SSSR count). The summed E-state index contributed by atoms with van der Waals surface area (Å²) in [5.74, 6) is -0.249. The van der Waals surface area contributed by atoms with E-state index in [1.54, 1.807) is 0 Å². The summed E-state index contributed by atoms with van der Waals surface area (Å²) in [5, 5.41) is 5.47. The summed E-state index contributed by atoms with van der Waals surface area (Å²) >= 11 is 6.22. The van der Waals surface area contributed by atoms with E-state index < -0.39 is 6.03 Å². The molecule has 1 heterocycles. The Hall–Kier alpha value is -1.79. The standard InChI is InChI=1S/C15H21ClN4O2/c1-11(14(21)18-15(22)17-2)19-7-9-20(10-8-19)13-6-4-3-5-12(13)16/h3-6,11H,7-10H2,1-2H3,(H2,17,18,21,22)/p+1/t11-/m0/s1. The Morgan fingerprint density at radius 3 is 2.50 bits per heavy atom. The van der Waals surface area contributed by atoms with Crippen LogP contribution in [0.2, 0.25) is 5.02 Å². The second-order valence-electron chi connectivity index (χ2n) is 5.39. The molecule has 0 bridgehead atoms. The van der Waals surface area contributed by atoms with Gasteiger partial charge in [0.05, 0.1) is 36.9 Å². The molecule has 3 amide bonds. The van der Waals surface area contributed by atoms with Gasteiger partial charge in [-0.25, -0.2) is 4.79 Å². The predicted octanol–water partition coefficient (Wildman–Crippen LogP) is -0.111. The monoisotopic (exact) mass is 325 g/mol. The average molecular weight is 326 g/mol. The molecule has 22 heavy (non-hydrogen) atoms. The number of carbonyl (C=O) groups excluding carboxylic acids is 2. The maximum Gasteiger partial charge on any atom is 0.321 e. The third-order valence-corrected chi connectivity index (χ3v) is 4.39. The smallest absolute Gasteiger partial charge is 0.321 e. The number of benzene rings is 1. The Morgan fingerprint density at radius 1 is 1.27 bits per heavy atom. The van der Waals surface area contributed by atoms with Crippen LogP contribution in [0.25, 0.3) is 0 Å². The molecule has 0 radical (unpaired) electrons. The molecule has 0 aromatic heterocycles. The number of quaternary nitrogens is 1. The first kappa shape index (κ1) is 16.6. The molecule has 0 aliphatic carbocycles. The number of carbonyl (C=O) groups is 2. The second-order valence-corrected chi connectivity index (χ2v) is 5.79. The third kappa shape index (κ3) is 3.90. The number of hydrogen-bond donors (Lipinski definition) is 3. The Labute approximate surface area is 135 Å². The summed E-state index contributed by atoms with van der Waals surface area (Å²) in [6, 6.07) is 7.06. The van der Waals surface area contributed by atoms with Gasteiger partial charge in [-0.15, -0.1) is 0 Å². The quantitative estimate of drug-likeness (QED) is 0.726. The van der Waals surface area contributed by atoms with Gasteiger partial charge in [-0.1, -0.05) is 23.7 Å². The van der Waals surface area contributed by atoms with Crippen LogP contribution < -0.4 is 20.4 Å². The summed E-state index contributed by atoms with van der Waals surface area (Å²) in [7, 11) is 1.49. The first-order valence-electron chi connectivity index (χ1n) is 7.39. The number of halogens is 1. The number of para-hydroxylation sites is 1. The van der Waals surface area contributed by atoms with Crippen molar-refractivity contribution in [3.05, 3.63) is 29.3 Å². The van der Waals surface area contributed by atoms with Gasteiger partial charge in [-0.05, 0) is 19.1 Å². The molecule has 0 unspecified atom stereocenters. The first-order chi connectivity index (χ1) is 10.5. The lowest BCUT2D eigenvalue weighted by molar-refractivity contribution is -0.914. The number of anilines is 1. The molecule has 1 aromatic rings. The van der Waals surface area contributed by atoms with Crippen LogP contribution in [0.1, 0.15) is 6.92 Å². The normalized spacial score (nSPS) is 17.0. The number of nitrogens with zero attached hydrogens (tertiary/aromatic N) is 1. The van der Waals surface area contributed by atoms with Crippen molar-refractivity contribution in [1.82, 2.24) is 10.6 Å². The lowest BCUT2D eigenvalue weighted by atomic mass is 10.2. The summed E-state index contributed by atoms with van der Waals surface area (Å²) in [6.45, 7) is 5.16. The van der Waals surface area contributed by atoms with Crippen LogP contribution >= 0.6 is 11.6 Å². The average Bonchev–Trinajstić information content (AvgIpc) is 2.54. The van der Waals surface area contributed by atoms with E-state index in [1.165, 1.54) is 11.9 Å². The van der Waals surface area contributed by atoms with E-state index in [1.807, 2.05) is 31.2 Å². The number of nitrogens with one attached hydrogen (secondary N) is 3. The van der Waals surface area contributed by atoms with Crippen molar-refractivity contribution in [3.8, 4) is 0 Å². The minimum Gasteiger partial charge on any atom is -0.359 e. The van der Waals surface area contributed by atoms with Crippen molar-refractivity contribution >= 4 is 29.2 Å². The number of rotatable bonds is 3. The Balaban J connectivity index is 1.90. The Bertz CT molecular complexity index is 544. The van der Waals surface area contributed by atoms with Gasteiger partial charge >= 0.3 is 6.03 Å². The lowest BCUT2D eigenvalue weighted by Gasteiger charge is -2.36. The number of urea groups is 1. The molecule has 1 atom stereocenters. The molecule has 1 fully saturated rings. The molecule has 1 saturated heterocycles. The minimum absolute atomic E-state index is 0.249. The zero-order valence-corrected chi connectivity index (χ0v) is 13.6. The van der Waals surface area contributed by atoms with Gasteiger partial charge in [-0.2, -0.15) is 0 Å². The van der Waals surface area contributed by atoms with E-state index in [9.17, 15) is 9.59 Å².